The van der Waals surface area contributed by atoms with Crippen molar-refractivity contribution in [2.45, 2.75) is 46.1 Å². The number of aryl methyl sites for hydroxylation is 2. The van der Waals surface area contributed by atoms with Crippen LogP contribution in [0.2, 0.25) is 0 Å². The molecule has 206 valence electrons. The van der Waals surface area contributed by atoms with Crippen LogP contribution in [0.25, 0.3) is 0 Å². The minimum Gasteiger partial charge on any atom is -0.371 e. The molecule has 3 aromatic rings. The van der Waals surface area contributed by atoms with Crippen molar-refractivity contribution < 1.29 is 4.79 Å². The minimum atomic E-state index is 0.0230. The van der Waals surface area contributed by atoms with Crippen LogP contribution < -0.4 is 15.1 Å². The standard InChI is InChI=1S/C29H38N8OS/c1-5-37-27-21(17-25(38)26-28(37)39-20(3)31-26)18-30-29(33-27)32-24-7-6-23(16-19(24)2)35-10-8-22(9-11-35)36-14-12-34(4)13-15-36/h6-7,16,18,22H,5,8-15,17H2,1-4H3,(H,30,32,33). The van der Waals surface area contributed by atoms with Gasteiger partial charge in [-0.2, -0.15) is 4.98 Å². The molecule has 0 atom stereocenters. The summed E-state index contributed by atoms with van der Waals surface area (Å²) < 4.78 is 0. The number of hydrogen-bond acceptors (Lipinski definition) is 10. The molecule has 2 fully saturated rings. The number of nitrogens with zero attached hydrogens (tertiary/aromatic N) is 7. The summed E-state index contributed by atoms with van der Waals surface area (Å²) in [4.78, 5) is 36.6. The lowest BCUT2D eigenvalue weighted by molar-refractivity contribution is 0.0982. The van der Waals surface area contributed by atoms with Gasteiger partial charge in [0.25, 0.3) is 0 Å². The lowest BCUT2D eigenvalue weighted by Gasteiger charge is -2.42. The minimum absolute atomic E-state index is 0.0230. The summed E-state index contributed by atoms with van der Waals surface area (Å²) in [5, 5.41) is 5.20. The van der Waals surface area contributed by atoms with Gasteiger partial charge in [-0.05, 0) is 64.4 Å². The average Bonchev–Trinajstić information content (AvgIpc) is 3.29. The molecule has 10 heteroatoms. The summed E-state index contributed by atoms with van der Waals surface area (Å²) in [5.74, 6) is 1.34. The second-order valence-electron chi connectivity index (χ2n) is 11.0. The summed E-state index contributed by atoms with van der Waals surface area (Å²) in [6.45, 7) is 13.8. The van der Waals surface area contributed by atoms with Gasteiger partial charge >= 0.3 is 0 Å². The number of carbonyl (C=O) groups excluding carboxylic acids is 1. The third kappa shape index (κ3) is 5.25. The third-order valence-corrected chi connectivity index (χ3v) is 9.32. The Morgan fingerprint density at radius 1 is 1.05 bits per heavy atom. The van der Waals surface area contributed by atoms with Crippen LogP contribution in [-0.2, 0) is 6.42 Å². The molecule has 0 spiro atoms. The topological polar surface area (TPSA) is 80.7 Å². The van der Waals surface area contributed by atoms with Crippen LogP contribution in [-0.4, -0.2) is 89.4 Å². The second kappa shape index (κ2) is 10.8. The molecule has 0 saturated carbocycles. The van der Waals surface area contributed by atoms with Crippen LogP contribution >= 0.6 is 11.3 Å². The number of Topliss-reactive ketones (excluding diaryl/α,β-unsaturated/α-hetero) is 1. The largest absolute Gasteiger partial charge is 0.371 e. The fraction of sp³-hybridized carbons (Fsp3) is 0.517. The van der Waals surface area contributed by atoms with Gasteiger partial charge in [-0.1, -0.05) is 0 Å². The van der Waals surface area contributed by atoms with E-state index in [0.29, 0.717) is 24.2 Å². The summed E-state index contributed by atoms with van der Waals surface area (Å²) in [6, 6.07) is 7.33. The number of aromatic nitrogens is 3. The van der Waals surface area contributed by atoms with Gasteiger partial charge in [0.1, 0.15) is 16.5 Å². The number of likely N-dealkylation sites (N-methyl/N-ethyl adjacent to an activating group) is 1. The van der Waals surface area contributed by atoms with E-state index in [9.17, 15) is 4.79 Å². The number of benzene rings is 1. The van der Waals surface area contributed by atoms with E-state index in [2.05, 4.69) is 74.0 Å². The Labute approximate surface area is 234 Å². The maximum atomic E-state index is 12.9. The van der Waals surface area contributed by atoms with E-state index in [4.69, 9.17) is 4.98 Å². The second-order valence-corrected chi connectivity index (χ2v) is 12.1. The van der Waals surface area contributed by atoms with E-state index in [1.54, 1.807) is 17.5 Å². The number of fused-ring (bicyclic) bond motifs is 2. The van der Waals surface area contributed by atoms with E-state index in [1.807, 2.05) is 6.92 Å². The number of piperidine rings is 1. The average molecular weight is 547 g/mol. The lowest BCUT2D eigenvalue weighted by Crippen LogP contribution is -2.52. The number of piperazine rings is 1. The first-order valence-electron chi connectivity index (χ1n) is 14.1. The maximum Gasteiger partial charge on any atom is 0.229 e. The molecule has 3 aliphatic rings. The predicted octanol–water partition coefficient (Wildman–Crippen LogP) is 4.41. The Morgan fingerprint density at radius 3 is 2.54 bits per heavy atom. The molecule has 0 amide bonds. The van der Waals surface area contributed by atoms with Crippen molar-refractivity contribution in [3.05, 3.63) is 46.2 Å². The number of anilines is 5. The zero-order valence-corrected chi connectivity index (χ0v) is 24.2. The Morgan fingerprint density at radius 2 is 1.82 bits per heavy atom. The molecule has 0 aliphatic carbocycles. The lowest BCUT2D eigenvalue weighted by atomic mass is 10.0. The molecular formula is C29H38N8OS. The molecule has 0 bridgehead atoms. The third-order valence-electron chi connectivity index (χ3n) is 8.33. The quantitative estimate of drug-likeness (QED) is 0.501. The smallest absolute Gasteiger partial charge is 0.229 e. The predicted molar refractivity (Wildman–Crippen MR) is 158 cm³/mol. The van der Waals surface area contributed by atoms with Crippen molar-refractivity contribution in [2.24, 2.45) is 0 Å². The SMILES string of the molecule is CCN1c2nc(Nc3ccc(N4CCC(N5CCN(C)CC5)CC4)cc3C)ncc2CC(=O)c2nc(C)sc21. The molecule has 1 aromatic carbocycles. The van der Waals surface area contributed by atoms with Gasteiger partial charge < -0.3 is 20.0 Å². The fourth-order valence-corrected chi connectivity index (χ4v) is 7.02. The molecule has 0 unspecified atom stereocenters. The highest BCUT2D eigenvalue weighted by atomic mass is 32.1. The number of hydrogen-bond donors (Lipinski definition) is 1. The van der Waals surface area contributed by atoms with E-state index >= 15 is 0 Å². The maximum absolute atomic E-state index is 12.9. The summed E-state index contributed by atoms with van der Waals surface area (Å²) >= 11 is 1.54. The number of nitrogens with one attached hydrogen (secondary N) is 1. The summed E-state index contributed by atoms with van der Waals surface area (Å²) in [5.41, 5.74) is 4.82. The Bertz CT molecular complexity index is 1360. The van der Waals surface area contributed by atoms with Gasteiger partial charge in [0, 0.05) is 81.4 Å². The van der Waals surface area contributed by atoms with Crippen LogP contribution in [0.4, 0.5) is 28.1 Å². The molecule has 1 N–H and O–H groups in total. The first-order valence-corrected chi connectivity index (χ1v) is 14.9. The first-order chi connectivity index (χ1) is 18.9. The normalized spacial score (nSPS) is 19.1. The van der Waals surface area contributed by atoms with Crippen LogP contribution in [0.3, 0.4) is 0 Å². The Hall–Kier alpha value is -3.08. The molecule has 0 radical (unpaired) electrons. The molecule has 3 aliphatic heterocycles. The van der Waals surface area contributed by atoms with Crippen molar-refractivity contribution >= 4 is 45.3 Å². The zero-order chi connectivity index (χ0) is 27.1. The number of ketones is 1. The Kier molecular flexibility index (Phi) is 7.26. The molecule has 9 nitrogen and oxygen atoms in total. The van der Waals surface area contributed by atoms with E-state index in [1.165, 1.54) is 44.7 Å². The van der Waals surface area contributed by atoms with E-state index in [0.717, 1.165) is 45.7 Å². The molecule has 39 heavy (non-hydrogen) atoms. The molecule has 5 heterocycles. The Balaban J connectivity index is 1.15. The van der Waals surface area contributed by atoms with Crippen LogP contribution in [0, 0.1) is 13.8 Å². The van der Waals surface area contributed by atoms with Crippen LogP contribution in [0.5, 0.6) is 0 Å². The van der Waals surface area contributed by atoms with Crippen molar-refractivity contribution in [1.29, 1.82) is 0 Å². The van der Waals surface area contributed by atoms with Gasteiger partial charge in [-0.25, -0.2) is 9.97 Å². The van der Waals surface area contributed by atoms with Gasteiger partial charge in [0.15, 0.2) is 5.78 Å². The fourth-order valence-electron chi connectivity index (χ4n) is 6.03. The highest BCUT2D eigenvalue weighted by molar-refractivity contribution is 7.16. The van der Waals surface area contributed by atoms with Gasteiger partial charge in [0.05, 0.1) is 5.01 Å². The van der Waals surface area contributed by atoms with E-state index in [-0.39, 0.29) is 12.2 Å². The highest BCUT2D eigenvalue weighted by Gasteiger charge is 2.30. The van der Waals surface area contributed by atoms with Crippen molar-refractivity contribution in [1.82, 2.24) is 24.8 Å². The zero-order valence-electron chi connectivity index (χ0n) is 23.4. The van der Waals surface area contributed by atoms with Crippen LogP contribution in [0.1, 0.15) is 46.4 Å². The van der Waals surface area contributed by atoms with E-state index < -0.39 is 0 Å². The monoisotopic (exact) mass is 546 g/mol. The van der Waals surface area contributed by atoms with Crippen molar-refractivity contribution in [2.75, 3.05) is 68.0 Å². The van der Waals surface area contributed by atoms with Gasteiger partial charge in [0.2, 0.25) is 5.95 Å². The molecule has 6 rings (SSSR count). The van der Waals surface area contributed by atoms with Crippen LogP contribution in [0.15, 0.2) is 24.4 Å². The number of carbonyl (C=O) groups is 1. The van der Waals surface area contributed by atoms with Crippen molar-refractivity contribution in [3.8, 4) is 0 Å². The van der Waals surface area contributed by atoms with Gasteiger partial charge in [-0.15, -0.1) is 11.3 Å². The molecule has 2 aromatic heterocycles. The summed E-state index contributed by atoms with van der Waals surface area (Å²) in [6.07, 6.45) is 4.50. The van der Waals surface area contributed by atoms with Crippen molar-refractivity contribution in [3.63, 3.8) is 0 Å². The first kappa shape index (κ1) is 26.2. The van der Waals surface area contributed by atoms with Gasteiger partial charge in [-0.3, -0.25) is 9.69 Å². The number of thiazole rings is 1. The highest BCUT2D eigenvalue weighted by Crippen LogP contribution is 2.39. The molecule has 2 saturated heterocycles. The summed E-state index contributed by atoms with van der Waals surface area (Å²) in [7, 11) is 2.22. The number of rotatable bonds is 5. The molecular weight excluding hydrogens is 508 g/mol.